The van der Waals surface area contributed by atoms with Gasteiger partial charge in [-0.25, -0.2) is 0 Å². The first kappa shape index (κ1) is 13.9. The topological polar surface area (TPSA) is 79.3 Å². The van der Waals surface area contributed by atoms with Crippen LogP contribution in [0.2, 0.25) is 0 Å². The molecule has 0 bridgehead atoms. The Hall–Kier alpha value is -2.70. The molecule has 0 N–H and O–H groups in total. The number of para-hydroxylation sites is 1. The number of hydrogen-bond donors (Lipinski definition) is 0. The van der Waals surface area contributed by atoms with Gasteiger partial charge in [0, 0.05) is 19.8 Å². The molecule has 3 aliphatic rings. The quantitative estimate of drug-likeness (QED) is 0.698. The van der Waals surface area contributed by atoms with Gasteiger partial charge in [0.2, 0.25) is 17.9 Å². The predicted octanol–water partition coefficient (Wildman–Crippen LogP) is 0.290. The molecular formula is C16H15N3O4. The molecule has 1 fully saturated rings. The molecule has 23 heavy (non-hydrogen) atoms. The Morgan fingerprint density at radius 3 is 2.52 bits per heavy atom. The zero-order valence-electron chi connectivity index (χ0n) is 12.9. The molecule has 0 aromatic heterocycles. The largest absolute Gasteiger partial charge is 0.381 e. The highest BCUT2D eigenvalue weighted by Gasteiger charge is 2.62. The van der Waals surface area contributed by atoms with E-state index in [1.807, 2.05) is 24.3 Å². The summed E-state index contributed by atoms with van der Waals surface area (Å²) in [4.78, 5) is 45.2. The lowest BCUT2D eigenvalue weighted by Gasteiger charge is -2.24. The minimum Gasteiger partial charge on any atom is -0.381 e. The second-order valence-corrected chi connectivity index (χ2v) is 6.22. The van der Waals surface area contributed by atoms with E-state index >= 15 is 0 Å². The minimum atomic E-state index is -1.11. The molecule has 7 heteroatoms. The Morgan fingerprint density at radius 2 is 1.78 bits per heavy atom. The number of anilines is 1. The Balaban J connectivity index is 1.87. The molecule has 4 rings (SSSR count). The number of carbonyl (C=O) groups is 3. The predicted molar refractivity (Wildman–Crippen MR) is 80.8 cm³/mol. The zero-order chi connectivity index (χ0) is 16.5. The molecule has 3 unspecified atom stereocenters. The van der Waals surface area contributed by atoms with Crippen molar-refractivity contribution in [2.24, 2.45) is 11.1 Å². The maximum absolute atomic E-state index is 12.9. The normalized spacial score (nSPS) is 32.1. The van der Waals surface area contributed by atoms with Crippen molar-refractivity contribution in [1.82, 2.24) is 4.90 Å². The average molecular weight is 313 g/mol. The molecular weight excluding hydrogens is 298 g/mol. The summed E-state index contributed by atoms with van der Waals surface area (Å²) >= 11 is 0. The van der Waals surface area contributed by atoms with Gasteiger partial charge in [-0.1, -0.05) is 23.4 Å². The van der Waals surface area contributed by atoms with Crippen LogP contribution in [0.1, 0.15) is 12.5 Å². The summed E-state index contributed by atoms with van der Waals surface area (Å²) in [5, 5.41) is 3.99. The van der Waals surface area contributed by atoms with Crippen molar-refractivity contribution in [2.75, 3.05) is 19.0 Å². The van der Waals surface area contributed by atoms with E-state index in [0.29, 0.717) is 5.71 Å². The van der Waals surface area contributed by atoms with E-state index in [4.69, 9.17) is 4.84 Å². The van der Waals surface area contributed by atoms with Crippen molar-refractivity contribution < 1.29 is 19.2 Å². The van der Waals surface area contributed by atoms with Crippen LogP contribution >= 0.6 is 0 Å². The number of benzene rings is 1. The Kier molecular flexibility index (Phi) is 2.53. The standard InChI is InChI=1S/C16H15N3O4/c1-16(8-6-4-5-7-9(8)18(2)15(16)22)12-10-11(23-17-12)14(21)19(3)13(10)20/h4-7,10-11H,1-3H3. The first-order valence-corrected chi connectivity index (χ1v) is 7.32. The Morgan fingerprint density at radius 1 is 1.09 bits per heavy atom. The molecule has 0 spiro atoms. The lowest BCUT2D eigenvalue weighted by molar-refractivity contribution is -0.140. The Bertz CT molecular complexity index is 802. The number of fused-ring (bicyclic) bond motifs is 2. The molecule has 3 atom stereocenters. The van der Waals surface area contributed by atoms with Gasteiger partial charge < -0.3 is 9.74 Å². The third-order valence-electron chi connectivity index (χ3n) is 5.08. The van der Waals surface area contributed by atoms with Crippen molar-refractivity contribution in [1.29, 1.82) is 0 Å². The van der Waals surface area contributed by atoms with E-state index in [1.165, 1.54) is 7.05 Å². The van der Waals surface area contributed by atoms with Gasteiger partial charge in [0.15, 0.2) is 0 Å². The number of nitrogens with zero attached hydrogens (tertiary/aromatic N) is 3. The number of likely N-dealkylation sites (N-methyl/N-ethyl adjacent to an activating group) is 2. The van der Waals surface area contributed by atoms with Crippen LogP contribution < -0.4 is 4.90 Å². The fourth-order valence-corrected chi connectivity index (χ4v) is 3.72. The molecule has 7 nitrogen and oxygen atoms in total. The highest BCUT2D eigenvalue weighted by molar-refractivity contribution is 6.30. The third kappa shape index (κ3) is 1.44. The number of rotatable bonds is 1. The van der Waals surface area contributed by atoms with Crippen LogP contribution in [0.5, 0.6) is 0 Å². The van der Waals surface area contributed by atoms with Crippen molar-refractivity contribution in [3.63, 3.8) is 0 Å². The van der Waals surface area contributed by atoms with Gasteiger partial charge >= 0.3 is 0 Å². The van der Waals surface area contributed by atoms with Crippen LogP contribution in [-0.4, -0.2) is 48.5 Å². The third-order valence-corrected chi connectivity index (χ3v) is 5.08. The summed E-state index contributed by atoms with van der Waals surface area (Å²) in [6.07, 6.45) is -0.954. The fourth-order valence-electron chi connectivity index (χ4n) is 3.72. The number of amides is 3. The zero-order valence-corrected chi connectivity index (χ0v) is 12.9. The van der Waals surface area contributed by atoms with Gasteiger partial charge in [0.25, 0.3) is 5.91 Å². The van der Waals surface area contributed by atoms with Crippen LogP contribution in [-0.2, 0) is 24.6 Å². The second kappa shape index (κ2) is 4.18. The van der Waals surface area contributed by atoms with E-state index < -0.39 is 23.3 Å². The number of hydrogen-bond acceptors (Lipinski definition) is 5. The number of carbonyl (C=O) groups excluding carboxylic acids is 3. The van der Waals surface area contributed by atoms with Gasteiger partial charge in [-0.3, -0.25) is 19.3 Å². The molecule has 1 saturated heterocycles. The van der Waals surface area contributed by atoms with Gasteiger partial charge in [-0.15, -0.1) is 0 Å². The average Bonchev–Trinajstić information content (AvgIpc) is 3.15. The molecule has 0 aliphatic carbocycles. The van der Waals surface area contributed by atoms with E-state index in [2.05, 4.69) is 5.16 Å². The van der Waals surface area contributed by atoms with Crippen LogP contribution in [0.4, 0.5) is 5.69 Å². The highest BCUT2D eigenvalue weighted by Crippen LogP contribution is 2.46. The lowest BCUT2D eigenvalue weighted by Crippen LogP contribution is -2.47. The number of likely N-dealkylation sites (tertiary alicyclic amines) is 1. The molecule has 3 aliphatic heterocycles. The fraction of sp³-hybridized carbons (Fsp3) is 0.375. The number of oxime groups is 1. The Labute approximate surface area is 132 Å². The van der Waals surface area contributed by atoms with Crippen LogP contribution in [0, 0.1) is 5.92 Å². The molecule has 0 saturated carbocycles. The van der Waals surface area contributed by atoms with E-state index in [9.17, 15) is 14.4 Å². The molecule has 1 aromatic carbocycles. The molecule has 0 radical (unpaired) electrons. The summed E-state index contributed by atoms with van der Waals surface area (Å²) < 4.78 is 0. The first-order valence-electron chi connectivity index (χ1n) is 7.32. The summed E-state index contributed by atoms with van der Waals surface area (Å²) in [6.45, 7) is 1.73. The highest BCUT2D eigenvalue weighted by atomic mass is 16.7. The maximum Gasteiger partial charge on any atom is 0.274 e. The van der Waals surface area contributed by atoms with Crippen molar-refractivity contribution in [3.8, 4) is 0 Å². The van der Waals surface area contributed by atoms with Gasteiger partial charge in [-0.05, 0) is 18.6 Å². The van der Waals surface area contributed by atoms with Crippen LogP contribution in [0.3, 0.4) is 0 Å². The van der Waals surface area contributed by atoms with Crippen molar-refractivity contribution in [3.05, 3.63) is 29.8 Å². The summed E-state index contributed by atoms with van der Waals surface area (Å²) in [5.41, 5.74) is 0.750. The smallest absolute Gasteiger partial charge is 0.274 e. The summed E-state index contributed by atoms with van der Waals surface area (Å²) in [7, 11) is 3.11. The minimum absolute atomic E-state index is 0.184. The van der Waals surface area contributed by atoms with E-state index in [-0.39, 0.29) is 11.8 Å². The number of imide groups is 1. The molecule has 3 amide bonds. The summed E-state index contributed by atoms with van der Waals surface area (Å²) in [6, 6.07) is 7.38. The molecule has 118 valence electrons. The summed E-state index contributed by atoms with van der Waals surface area (Å²) in [5.74, 6) is -1.82. The second-order valence-electron chi connectivity index (χ2n) is 6.22. The first-order chi connectivity index (χ1) is 10.9. The van der Waals surface area contributed by atoms with E-state index in [0.717, 1.165) is 16.2 Å². The van der Waals surface area contributed by atoms with Gasteiger partial charge in [-0.2, -0.15) is 0 Å². The molecule has 3 heterocycles. The SMILES string of the molecule is CN1C(=O)C2ON=C(C3(C)C(=O)N(C)c4ccccc43)C2C1=O. The molecule has 1 aromatic rings. The maximum atomic E-state index is 12.9. The van der Waals surface area contributed by atoms with Crippen LogP contribution in [0.15, 0.2) is 29.4 Å². The van der Waals surface area contributed by atoms with Gasteiger partial charge in [0.05, 0.1) is 5.71 Å². The monoisotopic (exact) mass is 313 g/mol. The van der Waals surface area contributed by atoms with Crippen molar-refractivity contribution in [2.45, 2.75) is 18.4 Å². The van der Waals surface area contributed by atoms with Gasteiger partial charge in [0.1, 0.15) is 11.3 Å². The van der Waals surface area contributed by atoms with Crippen molar-refractivity contribution >= 4 is 29.1 Å². The van der Waals surface area contributed by atoms with Crippen LogP contribution in [0.25, 0.3) is 0 Å². The lowest BCUT2D eigenvalue weighted by atomic mass is 9.73. The van der Waals surface area contributed by atoms with E-state index in [1.54, 1.807) is 18.9 Å².